The second-order valence-electron chi connectivity index (χ2n) is 6.05. The SMILES string of the molecule is C=C[C@@H]1O[C@@H]2[C@H]3CC[C@@](C)([C@@H]2O1)C3(C)C. The summed E-state index contributed by atoms with van der Waals surface area (Å²) >= 11 is 0. The molecule has 2 bridgehead atoms. The smallest absolute Gasteiger partial charge is 0.177 e. The van der Waals surface area contributed by atoms with Crippen LogP contribution in [0.3, 0.4) is 0 Å². The van der Waals surface area contributed by atoms with Gasteiger partial charge in [0, 0.05) is 5.41 Å². The first-order chi connectivity index (χ1) is 7.00. The lowest BCUT2D eigenvalue weighted by molar-refractivity contribution is -0.0847. The van der Waals surface area contributed by atoms with Gasteiger partial charge in [0.15, 0.2) is 6.29 Å². The summed E-state index contributed by atoms with van der Waals surface area (Å²) in [6.07, 6.45) is 4.76. The molecule has 0 N–H and O–H groups in total. The molecule has 2 aliphatic carbocycles. The molecule has 0 radical (unpaired) electrons. The summed E-state index contributed by atoms with van der Waals surface area (Å²) in [5.41, 5.74) is 0.647. The van der Waals surface area contributed by atoms with Gasteiger partial charge in [-0.05, 0) is 30.3 Å². The summed E-state index contributed by atoms with van der Waals surface area (Å²) in [7, 11) is 0. The third-order valence-electron chi connectivity index (χ3n) is 5.46. The van der Waals surface area contributed by atoms with Crippen molar-refractivity contribution >= 4 is 0 Å². The van der Waals surface area contributed by atoms with Crippen molar-refractivity contribution in [3.8, 4) is 0 Å². The molecule has 0 aromatic heterocycles. The molecule has 0 unspecified atom stereocenters. The Labute approximate surface area is 91.6 Å². The normalized spacial score (nSPS) is 55.7. The zero-order chi connectivity index (χ0) is 10.8. The molecule has 3 aliphatic rings. The number of fused-ring (bicyclic) bond motifs is 5. The quantitative estimate of drug-likeness (QED) is 0.617. The third-order valence-corrected chi connectivity index (χ3v) is 5.46. The standard InChI is InChI=1S/C13H20O2/c1-5-9-14-10-8-6-7-13(4,11(10)15-9)12(8,2)3/h5,8-11H,1,6-7H2,2-4H3/t8-,9-,10-,11-,13+/m1/s1. The van der Waals surface area contributed by atoms with Gasteiger partial charge in [0.25, 0.3) is 0 Å². The summed E-state index contributed by atoms with van der Waals surface area (Å²) in [6.45, 7) is 10.9. The zero-order valence-corrected chi connectivity index (χ0v) is 9.82. The molecule has 2 heteroatoms. The Balaban J connectivity index is 1.98. The first kappa shape index (κ1) is 9.86. The first-order valence-corrected chi connectivity index (χ1v) is 5.94. The van der Waals surface area contributed by atoms with Crippen LogP contribution in [-0.4, -0.2) is 18.5 Å². The Hall–Kier alpha value is -0.340. The van der Waals surface area contributed by atoms with Crippen molar-refractivity contribution in [2.24, 2.45) is 16.7 Å². The molecular weight excluding hydrogens is 188 g/mol. The molecule has 1 aliphatic heterocycles. The Morgan fingerprint density at radius 3 is 2.60 bits per heavy atom. The fourth-order valence-corrected chi connectivity index (χ4v) is 4.06. The van der Waals surface area contributed by atoms with Crippen LogP contribution in [0.25, 0.3) is 0 Å². The lowest BCUT2D eigenvalue weighted by Crippen LogP contribution is -2.38. The highest BCUT2D eigenvalue weighted by Gasteiger charge is 2.69. The summed E-state index contributed by atoms with van der Waals surface area (Å²) in [5, 5.41) is 0. The summed E-state index contributed by atoms with van der Waals surface area (Å²) < 4.78 is 11.9. The van der Waals surface area contributed by atoms with Crippen LogP contribution in [0.1, 0.15) is 33.6 Å². The predicted octanol–water partition coefficient (Wildman–Crippen LogP) is 2.74. The molecule has 2 saturated carbocycles. The van der Waals surface area contributed by atoms with E-state index in [9.17, 15) is 0 Å². The number of ether oxygens (including phenoxy) is 2. The van der Waals surface area contributed by atoms with Crippen molar-refractivity contribution in [3.63, 3.8) is 0 Å². The highest BCUT2D eigenvalue weighted by molar-refractivity contribution is 5.17. The number of hydrogen-bond donors (Lipinski definition) is 0. The van der Waals surface area contributed by atoms with Crippen molar-refractivity contribution in [1.82, 2.24) is 0 Å². The van der Waals surface area contributed by atoms with Crippen LogP contribution in [0, 0.1) is 16.7 Å². The first-order valence-electron chi connectivity index (χ1n) is 5.94. The van der Waals surface area contributed by atoms with E-state index in [4.69, 9.17) is 9.47 Å². The zero-order valence-electron chi connectivity index (χ0n) is 9.82. The van der Waals surface area contributed by atoms with Gasteiger partial charge in [-0.25, -0.2) is 0 Å². The second-order valence-corrected chi connectivity index (χ2v) is 6.05. The summed E-state index contributed by atoms with van der Waals surface area (Å²) in [5.74, 6) is 0.664. The highest BCUT2D eigenvalue weighted by Crippen LogP contribution is 2.68. The van der Waals surface area contributed by atoms with Crippen molar-refractivity contribution in [2.75, 3.05) is 0 Å². The van der Waals surface area contributed by atoms with Crippen LogP contribution < -0.4 is 0 Å². The third kappa shape index (κ3) is 0.931. The molecule has 84 valence electrons. The fourth-order valence-electron chi connectivity index (χ4n) is 4.06. The van der Waals surface area contributed by atoms with Crippen LogP contribution in [0.15, 0.2) is 12.7 Å². The molecule has 2 nitrogen and oxygen atoms in total. The minimum atomic E-state index is -0.170. The lowest BCUT2D eigenvalue weighted by atomic mass is 9.70. The highest BCUT2D eigenvalue weighted by atomic mass is 16.7. The van der Waals surface area contributed by atoms with E-state index in [1.165, 1.54) is 12.8 Å². The van der Waals surface area contributed by atoms with E-state index < -0.39 is 0 Å². The van der Waals surface area contributed by atoms with Crippen LogP contribution >= 0.6 is 0 Å². The predicted molar refractivity (Wildman–Crippen MR) is 58.3 cm³/mol. The molecule has 1 heterocycles. The molecule has 0 aromatic rings. The van der Waals surface area contributed by atoms with Gasteiger partial charge in [0.1, 0.15) is 0 Å². The largest absolute Gasteiger partial charge is 0.343 e. The molecule has 0 aromatic carbocycles. The molecule has 15 heavy (non-hydrogen) atoms. The second kappa shape index (κ2) is 2.67. The maximum Gasteiger partial charge on any atom is 0.177 e. The van der Waals surface area contributed by atoms with Crippen molar-refractivity contribution < 1.29 is 9.47 Å². The van der Waals surface area contributed by atoms with E-state index >= 15 is 0 Å². The average Bonchev–Trinajstić information content (AvgIpc) is 2.74. The van der Waals surface area contributed by atoms with Crippen LogP contribution in [0.5, 0.6) is 0 Å². The molecular formula is C13H20O2. The van der Waals surface area contributed by atoms with Crippen molar-refractivity contribution in [1.29, 1.82) is 0 Å². The Morgan fingerprint density at radius 1 is 1.27 bits per heavy atom. The van der Waals surface area contributed by atoms with E-state index in [-0.39, 0.29) is 12.4 Å². The van der Waals surface area contributed by atoms with E-state index in [1.807, 2.05) is 0 Å². The Morgan fingerprint density at radius 2 is 2.00 bits per heavy atom. The van der Waals surface area contributed by atoms with Gasteiger partial charge in [-0.1, -0.05) is 27.4 Å². The van der Waals surface area contributed by atoms with Crippen LogP contribution in [-0.2, 0) is 9.47 Å². The van der Waals surface area contributed by atoms with Crippen LogP contribution in [0.4, 0.5) is 0 Å². The average molecular weight is 208 g/mol. The van der Waals surface area contributed by atoms with E-state index in [2.05, 4.69) is 27.4 Å². The van der Waals surface area contributed by atoms with Gasteiger partial charge in [-0.15, -0.1) is 0 Å². The van der Waals surface area contributed by atoms with Gasteiger partial charge in [0.05, 0.1) is 12.2 Å². The maximum absolute atomic E-state index is 5.97. The number of rotatable bonds is 1. The van der Waals surface area contributed by atoms with Gasteiger partial charge >= 0.3 is 0 Å². The minimum absolute atomic E-state index is 0.170. The van der Waals surface area contributed by atoms with E-state index in [0.29, 0.717) is 22.9 Å². The van der Waals surface area contributed by atoms with Crippen molar-refractivity contribution in [3.05, 3.63) is 12.7 Å². The molecule has 1 saturated heterocycles. The molecule has 5 atom stereocenters. The summed E-state index contributed by atoms with van der Waals surface area (Å²) in [4.78, 5) is 0. The molecule has 0 spiro atoms. The van der Waals surface area contributed by atoms with E-state index in [1.54, 1.807) is 6.08 Å². The van der Waals surface area contributed by atoms with Crippen molar-refractivity contribution in [2.45, 2.75) is 52.1 Å². The monoisotopic (exact) mass is 208 g/mol. The number of hydrogen-bond acceptors (Lipinski definition) is 2. The fraction of sp³-hybridized carbons (Fsp3) is 0.846. The van der Waals surface area contributed by atoms with Crippen LogP contribution in [0.2, 0.25) is 0 Å². The molecule has 3 fully saturated rings. The topological polar surface area (TPSA) is 18.5 Å². The van der Waals surface area contributed by atoms with Gasteiger partial charge in [0.2, 0.25) is 0 Å². The molecule has 0 amide bonds. The minimum Gasteiger partial charge on any atom is -0.343 e. The van der Waals surface area contributed by atoms with Gasteiger partial charge in [-0.2, -0.15) is 0 Å². The summed E-state index contributed by atoms with van der Waals surface area (Å²) in [6, 6.07) is 0. The lowest BCUT2D eigenvalue weighted by Gasteiger charge is -2.37. The Bertz CT molecular complexity index is 310. The van der Waals surface area contributed by atoms with Gasteiger partial charge < -0.3 is 9.47 Å². The van der Waals surface area contributed by atoms with Gasteiger partial charge in [-0.3, -0.25) is 0 Å². The van der Waals surface area contributed by atoms with E-state index in [0.717, 1.165) is 0 Å². The Kier molecular flexibility index (Phi) is 1.75. The maximum atomic E-state index is 5.97. The molecule has 3 rings (SSSR count).